The lowest BCUT2D eigenvalue weighted by Gasteiger charge is -2.04. The van der Waals surface area contributed by atoms with E-state index in [1.807, 2.05) is 0 Å². The molecule has 0 saturated carbocycles. The monoisotopic (exact) mass is 307 g/mol. The van der Waals surface area contributed by atoms with E-state index >= 15 is 0 Å². The minimum Gasteiger partial charge on any atom is -0.270 e. The number of nitrogens with two attached hydrogens (primary N) is 1. The van der Waals surface area contributed by atoms with Crippen molar-refractivity contribution in [3.05, 3.63) is 29.8 Å². The first kappa shape index (κ1) is 16.1. The lowest BCUT2D eigenvalue weighted by Crippen LogP contribution is -2.12. The van der Waals surface area contributed by atoms with Gasteiger partial charge in [-0.05, 0) is 37.0 Å². The van der Waals surface area contributed by atoms with Crippen molar-refractivity contribution in [2.75, 3.05) is 12.9 Å². The van der Waals surface area contributed by atoms with Crippen LogP contribution in [0, 0.1) is 0 Å². The Morgan fingerprint density at radius 3 is 2.42 bits per heavy atom. The van der Waals surface area contributed by atoms with E-state index in [1.165, 1.54) is 12.1 Å². The molecule has 1 aromatic rings. The highest BCUT2D eigenvalue weighted by Crippen LogP contribution is 2.12. The van der Waals surface area contributed by atoms with Gasteiger partial charge in [0.15, 0.2) is 0 Å². The molecule has 1 aromatic carbocycles. The number of benzene rings is 1. The Balaban J connectivity index is 2.47. The predicted molar refractivity (Wildman–Crippen MR) is 71.5 cm³/mol. The molecule has 0 amide bonds. The predicted octanol–water partition coefficient (Wildman–Crippen LogP) is 0.633. The molecule has 0 radical (unpaired) electrons. The van der Waals surface area contributed by atoms with E-state index in [9.17, 15) is 16.8 Å². The fourth-order valence-corrected chi connectivity index (χ4v) is 2.52. The van der Waals surface area contributed by atoms with Gasteiger partial charge in [-0.25, -0.2) is 13.6 Å². The van der Waals surface area contributed by atoms with Gasteiger partial charge in [0.2, 0.25) is 10.0 Å². The second kappa shape index (κ2) is 6.47. The summed E-state index contributed by atoms with van der Waals surface area (Å²) in [6.45, 7) is 0.133. The van der Waals surface area contributed by atoms with Gasteiger partial charge in [0, 0.05) is 0 Å². The Kier molecular flexibility index (Phi) is 5.48. The van der Waals surface area contributed by atoms with Crippen molar-refractivity contribution in [2.45, 2.75) is 24.2 Å². The van der Waals surface area contributed by atoms with E-state index < -0.39 is 20.1 Å². The fourth-order valence-electron chi connectivity index (χ4n) is 1.52. The smallest absolute Gasteiger partial charge is 0.264 e. The zero-order valence-electron chi connectivity index (χ0n) is 10.6. The van der Waals surface area contributed by atoms with Gasteiger partial charge in [0.25, 0.3) is 10.1 Å². The molecule has 2 N–H and O–H groups in total. The summed E-state index contributed by atoms with van der Waals surface area (Å²) in [5, 5.41) is 5.04. The maximum absolute atomic E-state index is 11.2. The SMILES string of the molecule is CS(=O)(=O)OCCCCc1cccc(S(N)(=O)=O)c1. The molecule has 0 fully saturated rings. The molecule has 0 heterocycles. The highest BCUT2D eigenvalue weighted by Gasteiger charge is 2.07. The van der Waals surface area contributed by atoms with Crippen LogP contribution in [-0.4, -0.2) is 29.7 Å². The number of primary sulfonamides is 1. The molecule has 0 bridgehead atoms. The van der Waals surface area contributed by atoms with Crippen LogP contribution < -0.4 is 5.14 Å². The molecule has 6 nitrogen and oxygen atoms in total. The van der Waals surface area contributed by atoms with Crippen LogP contribution in [0.5, 0.6) is 0 Å². The summed E-state index contributed by atoms with van der Waals surface area (Å²) < 4.78 is 48.4. The summed E-state index contributed by atoms with van der Waals surface area (Å²) in [6.07, 6.45) is 2.91. The Morgan fingerprint density at radius 1 is 1.16 bits per heavy atom. The van der Waals surface area contributed by atoms with E-state index in [2.05, 4.69) is 4.18 Å². The van der Waals surface area contributed by atoms with Gasteiger partial charge < -0.3 is 0 Å². The third-order valence-corrected chi connectivity index (χ3v) is 3.89. The number of unbranched alkanes of at least 4 members (excludes halogenated alkanes) is 1. The van der Waals surface area contributed by atoms with Crippen LogP contribution in [0.2, 0.25) is 0 Å². The zero-order valence-corrected chi connectivity index (χ0v) is 12.2. The van der Waals surface area contributed by atoms with E-state index in [0.717, 1.165) is 11.8 Å². The summed E-state index contributed by atoms with van der Waals surface area (Å²) in [6, 6.07) is 6.38. The minimum absolute atomic E-state index is 0.0809. The molecule has 0 atom stereocenters. The Labute approximate surface area is 113 Å². The number of aryl methyl sites for hydroxylation is 1. The van der Waals surface area contributed by atoms with Gasteiger partial charge >= 0.3 is 0 Å². The van der Waals surface area contributed by atoms with Crippen molar-refractivity contribution < 1.29 is 21.0 Å². The molecular weight excluding hydrogens is 290 g/mol. The number of hydrogen-bond donors (Lipinski definition) is 1. The van der Waals surface area contributed by atoms with Crippen molar-refractivity contribution in [1.29, 1.82) is 0 Å². The fraction of sp³-hybridized carbons (Fsp3) is 0.455. The van der Waals surface area contributed by atoms with E-state index in [-0.39, 0.29) is 11.5 Å². The molecule has 0 aliphatic carbocycles. The number of rotatable bonds is 7. The summed E-state index contributed by atoms with van der Waals surface area (Å²) in [5.74, 6) is 0. The average molecular weight is 307 g/mol. The van der Waals surface area contributed by atoms with Crippen molar-refractivity contribution >= 4 is 20.1 Å². The minimum atomic E-state index is -3.68. The highest BCUT2D eigenvalue weighted by molar-refractivity contribution is 7.89. The normalized spacial score (nSPS) is 12.5. The molecule has 0 saturated heterocycles. The van der Waals surface area contributed by atoms with Gasteiger partial charge in [-0.3, -0.25) is 4.18 Å². The molecule has 0 spiro atoms. The van der Waals surface area contributed by atoms with Crippen molar-refractivity contribution in [3.63, 3.8) is 0 Å². The molecule has 0 unspecified atom stereocenters. The van der Waals surface area contributed by atoms with Crippen LogP contribution in [0.3, 0.4) is 0 Å². The zero-order chi connectivity index (χ0) is 14.5. The van der Waals surface area contributed by atoms with Crippen LogP contribution in [0.1, 0.15) is 18.4 Å². The Morgan fingerprint density at radius 2 is 1.84 bits per heavy atom. The first-order chi connectivity index (χ1) is 8.68. The van der Waals surface area contributed by atoms with E-state index in [0.29, 0.717) is 19.3 Å². The van der Waals surface area contributed by atoms with Gasteiger partial charge in [0.1, 0.15) is 0 Å². The molecule has 19 heavy (non-hydrogen) atoms. The molecule has 0 aliphatic heterocycles. The van der Waals surface area contributed by atoms with Gasteiger partial charge in [-0.15, -0.1) is 0 Å². The second-order valence-electron chi connectivity index (χ2n) is 4.18. The molecule has 108 valence electrons. The van der Waals surface area contributed by atoms with E-state index in [4.69, 9.17) is 5.14 Å². The summed E-state index contributed by atoms with van der Waals surface area (Å²) in [7, 11) is -7.08. The highest BCUT2D eigenvalue weighted by atomic mass is 32.2. The van der Waals surface area contributed by atoms with Gasteiger partial charge in [0.05, 0.1) is 17.8 Å². The molecule has 0 aromatic heterocycles. The largest absolute Gasteiger partial charge is 0.270 e. The first-order valence-corrected chi connectivity index (χ1v) is 9.01. The van der Waals surface area contributed by atoms with Gasteiger partial charge in [-0.1, -0.05) is 12.1 Å². The van der Waals surface area contributed by atoms with Crippen LogP contribution >= 0.6 is 0 Å². The van der Waals surface area contributed by atoms with Crippen molar-refractivity contribution in [3.8, 4) is 0 Å². The molecule has 0 aliphatic rings. The second-order valence-corrected chi connectivity index (χ2v) is 7.38. The van der Waals surface area contributed by atoms with Crippen molar-refractivity contribution in [1.82, 2.24) is 0 Å². The first-order valence-electron chi connectivity index (χ1n) is 5.65. The topological polar surface area (TPSA) is 104 Å². The Hall–Kier alpha value is -0.960. The third kappa shape index (κ3) is 6.67. The van der Waals surface area contributed by atoms with E-state index in [1.54, 1.807) is 12.1 Å². The molecule has 8 heteroatoms. The van der Waals surface area contributed by atoms with Gasteiger partial charge in [-0.2, -0.15) is 8.42 Å². The summed E-state index contributed by atoms with van der Waals surface area (Å²) in [5.41, 5.74) is 0.839. The van der Waals surface area contributed by atoms with Crippen LogP contribution in [0.4, 0.5) is 0 Å². The standard InChI is InChI=1S/C11H17NO5S2/c1-18(13,14)17-8-3-2-5-10-6-4-7-11(9-10)19(12,15)16/h4,6-7,9H,2-3,5,8H2,1H3,(H2,12,15,16). The van der Waals surface area contributed by atoms with Crippen LogP contribution in [-0.2, 0) is 30.7 Å². The molecular formula is C11H17NO5S2. The average Bonchev–Trinajstić information content (AvgIpc) is 2.26. The summed E-state index contributed by atoms with van der Waals surface area (Å²) >= 11 is 0. The maximum atomic E-state index is 11.2. The lowest BCUT2D eigenvalue weighted by molar-refractivity contribution is 0.312. The van der Waals surface area contributed by atoms with Crippen molar-refractivity contribution in [2.24, 2.45) is 5.14 Å². The maximum Gasteiger partial charge on any atom is 0.264 e. The Bertz CT molecular complexity index is 622. The lowest BCUT2D eigenvalue weighted by atomic mass is 10.1. The molecule has 1 rings (SSSR count). The quantitative estimate of drug-likeness (QED) is 0.588. The van der Waals surface area contributed by atoms with Crippen LogP contribution in [0.15, 0.2) is 29.2 Å². The number of sulfonamides is 1. The summed E-state index contributed by atoms with van der Waals surface area (Å²) in [4.78, 5) is 0.0809. The number of hydrogen-bond acceptors (Lipinski definition) is 5. The third-order valence-electron chi connectivity index (χ3n) is 2.38. The van der Waals surface area contributed by atoms with Crippen LogP contribution in [0.25, 0.3) is 0 Å².